The van der Waals surface area contributed by atoms with Crippen LogP contribution in [0.4, 0.5) is 0 Å². The quantitative estimate of drug-likeness (QED) is 0.0216. The zero-order valence-electron chi connectivity index (χ0n) is 36.3. The number of nitrogens with zero attached hydrogens (tertiary/aromatic N) is 1. The molecule has 1 N–H and O–H groups in total. The Bertz CT molecular complexity index is 1100. The van der Waals surface area contributed by atoms with Crippen molar-refractivity contribution in [2.75, 3.05) is 47.5 Å². The van der Waals surface area contributed by atoms with Gasteiger partial charge in [-0.3, -0.25) is 9.59 Å². The fraction of sp³-hybridized carbons (Fsp3) is 0.723. The number of carbonyl (C=O) groups is 3. The van der Waals surface area contributed by atoms with Gasteiger partial charge in [-0.25, -0.2) is 4.79 Å². The number of rotatable bonds is 39. The molecule has 0 saturated heterocycles. The number of allylic oxidation sites excluding steroid dienone is 10. The number of carboxylic acid groups (broad SMARTS) is 1. The van der Waals surface area contributed by atoms with Crippen molar-refractivity contribution in [3.8, 4) is 0 Å². The molecule has 0 aromatic heterocycles. The predicted octanol–water partition coefficient (Wildman–Crippen LogP) is 11.4. The van der Waals surface area contributed by atoms with Crippen LogP contribution in [0.15, 0.2) is 60.8 Å². The van der Waals surface area contributed by atoms with Gasteiger partial charge >= 0.3 is 17.9 Å². The minimum Gasteiger partial charge on any atom is -0.477 e. The van der Waals surface area contributed by atoms with Gasteiger partial charge in [0.1, 0.15) is 13.2 Å². The van der Waals surface area contributed by atoms with Crippen molar-refractivity contribution in [1.82, 2.24) is 0 Å². The predicted molar refractivity (Wildman–Crippen MR) is 230 cm³/mol. The highest BCUT2D eigenvalue weighted by Crippen LogP contribution is 2.13. The Morgan fingerprint density at radius 1 is 0.554 bits per heavy atom. The van der Waals surface area contributed by atoms with E-state index in [2.05, 4.69) is 74.6 Å². The van der Waals surface area contributed by atoms with E-state index in [-0.39, 0.29) is 32.2 Å². The molecule has 0 saturated carbocycles. The van der Waals surface area contributed by atoms with Crippen molar-refractivity contribution < 1.29 is 42.9 Å². The average Bonchev–Trinajstić information content (AvgIpc) is 3.15. The van der Waals surface area contributed by atoms with Gasteiger partial charge in [0.05, 0.1) is 34.4 Å². The highest BCUT2D eigenvalue weighted by atomic mass is 16.7. The van der Waals surface area contributed by atoms with Crippen molar-refractivity contribution in [3.05, 3.63) is 60.8 Å². The van der Waals surface area contributed by atoms with Crippen LogP contribution in [0.3, 0.4) is 0 Å². The lowest BCUT2D eigenvalue weighted by molar-refractivity contribution is -0.870. The second-order valence-electron chi connectivity index (χ2n) is 15.6. The van der Waals surface area contributed by atoms with E-state index in [1.165, 1.54) is 51.4 Å². The number of hydrogen-bond donors (Lipinski definition) is 1. The summed E-state index contributed by atoms with van der Waals surface area (Å²) in [6.45, 7) is 4.69. The highest BCUT2D eigenvalue weighted by Gasteiger charge is 2.25. The molecule has 0 aromatic rings. The van der Waals surface area contributed by atoms with E-state index in [1.807, 2.05) is 21.1 Å². The first-order valence-corrected chi connectivity index (χ1v) is 22.0. The van der Waals surface area contributed by atoms with Gasteiger partial charge in [0, 0.05) is 12.8 Å². The summed E-state index contributed by atoms with van der Waals surface area (Å²) in [7, 11) is 5.94. The lowest BCUT2D eigenvalue weighted by Gasteiger charge is -2.25. The summed E-state index contributed by atoms with van der Waals surface area (Å²) in [6, 6.07) is 0. The number of unbranched alkanes of at least 4 members (excludes halogenated alkanes) is 14. The van der Waals surface area contributed by atoms with Crippen LogP contribution in [0, 0.1) is 0 Å². The molecule has 2 unspecified atom stereocenters. The Hall–Kier alpha value is -3.01. The van der Waals surface area contributed by atoms with E-state index in [9.17, 15) is 19.5 Å². The standard InChI is InChI=1S/C47H81NO8/c1-6-8-10-12-14-16-17-18-19-20-21-22-23-24-25-26-27-28-29-30-32-34-36-38-45(50)56-43(42-55-47(46(51)52)53-40-39-48(3,4)5)41-54-44(49)37-35-33-31-15-13-11-9-7-2/h8,10,14,16,18-19,21-22,24-25,43,47H,6-7,9,11-13,15,17,20,23,26-42H2,1-5H3/p+1/b10-8-,16-14-,19-18-,22-21-,25-24-. The Labute approximate surface area is 342 Å². The van der Waals surface area contributed by atoms with Crippen molar-refractivity contribution in [1.29, 1.82) is 0 Å². The smallest absolute Gasteiger partial charge is 0.361 e. The molecule has 0 radical (unpaired) electrons. The van der Waals surface area contributed by atoms with E-state index in [1.54, 1.807) is 0 Å². The molecular weight excluding hydrogens is 707 g/mol. The maximum atomic E-state index is 12.7. The summed E-state index contributed by atoms with van der Waals surface area (Å²) < 4.78 is 22.6. The third kappa shape index (κ3) is 39.2. The monoisotopic (exact) mass is 789 g/mol. The van der Waals surface area contributed by atoms with Crippen LogP contribution in [0.2, 0.25) is 0 Å². The van der Waals surface area contributed by atoms with Gasteiger partial charge in [-0.15, -0.1) is 0 Å². The largest absolute Gasteiger partial charge is 0.477 e. The molecule has 0 fully saturated rings. The minimum atomic E-state index is -1.51. The first-order valence-electron chi connectivity index (χ1n) is 22.0. The Kier molecular flexibility index (Phi) is 36.8. The number of likely N-dealkylation sites (N-methyl/N-ethyl adjacent to an activating group) is 1. The Morgan fingerprint density at radius 2 is 1.02 bits per heavy atom. The lowest BCUT2D eigenvalue weighted by Crippen LogP contribution is -2.40. The fourth-order valence-corrected chi connectivity index (χ4v) is 5.63. The molecule has 0 rings (SSSR count). The van der Waals surface area contributed by atoms with Gasteiger partial charge in [-0.05, 0) is 57.8 Å². The number of aliphatic carboxylic acids is 1. The summed E-state index contributed by atoms with van der Waals surface area (Å²) in [5, 5.41) is 9.60. The van der Waals surface area contributed by atoms with Crippen LogP contribution in [0.25, 0.3) is 0 Å². The zero-order valence-corrected chi connectivity index (χ0v) is 36.3. The average molecular weight is 789 g/mol. The summed E-state index contributed by atoms with van der Waals surface area (Å²) in [5.74, 6) is -2.03. The summed E-state index contributed by atoms with van der Waals surface area (Å²) in [5.41, 5.74) is 0. The molecule has 0 bridgehead atoms. The van der Waals surface area contributed by atoms with Crippen molar-refractivity contribution in [2.45, 2.75) is 174 Å². The SMILES string of the molecule is CC/C=C\C/C=C\C/C=C\C/C=C\C/C=C\CCCCCCCCCC(=O)OC(COC(=O)CCCCCCCCCC)COC(OCC[N+](C)(C)C)C(=O)O. The molecule has 9 heteroatoms. The summed E-state index contributed by atoms with van der Waals surface area (Å²) in [4.78, 5) is 36.9. The lowest BCUT2D eigenvalue weighted by atomic mass is 10.1. The molecule has 9 nitrogen and oxygen atoms in total. The molecule has 0 aliphatic carbocycles. The van der Waals surface area contributed by atoms with Crippen LogP contribution < -0.4 is 0 Å². The molecule has 322 valence electrons. The second-order valence-corrected chi connectivity index (χ2v) is 15.6. The molecule has 2 atom stereocenters. The third-order valence-corrected chi connectivity index (χ3v) is 9.04. The van der Waals surface area contributed by atoms with Crippen molar-refractivity contribution in [2.24, 2.45) is 0 Å². The van der Waals surface area contributed by atoms with Gasteiger partial charge in [-0.2, -0.15) is 0 Å². The minimum absolute atomic E-state index is 0.183. The van der Waals surface area contributed by atoms with Crippen molar-refractivity contribution >= 4 is 17.9 Å². The molecule has 0 aliphatic heterocycles. The number of ether oxygens (including phenoxy) is 4. The third-order valence-electron chi connectivity index (χ3n) is 9.04. The van der Waals surface area contributed by atoms with Crippen LogP contribution in [0.5, 0.6) is 0 Å². The van der Waals surface area contributed by atoms with Crippen molar-refractivity contribution in [3.63, 3.8) is 0 Å². The topological polar surface area (TPSA) is 108 Å². The summed E-state index contributed by atoms with van der Waals surface area (Å²) >= 11 is 0. The van der Waals surface area contributed by atoms with Crippen LogP contribution in [-0.4, -0.2) is 87.4 Å². The molecule has 0 heterocycles. The first-order chi connectivity index (χ1) is 27.1. The normalized spacial score (nSPS) is 13.5. The number of esters is 2. The van der Waals surface area contributed by atoms with E-state index in [4.69, 9.17) is 18.9 Å². The fourth-order valence-electron chi connectivity index (χ4n) is 5.63. The van der Waals surface area contributed by atoms with E-state index < -0.39 is 24.3 Å². The highest BCUT2D eigenvalue weighted by molar-refractivity contribution is 5.71. The van der Waals surface area contributed by atoms with Gasteiger partial charge in [-0.1, -0.05) is 152 Å². The zero-order chi connectivity index (χ0) is 41.4. The molecule has 0 amide bonds. The molecule has 56 heavy (non-hydrogen) atoms. The maximum absolute atomic E-state index is 12.7. The maximum Gasteiger partial charge on any atom is 0.361 e. The number of carbonyl (C=O) groups excluding carboxylic acids is 2. The van der Waals surface area contributed by atoms with Crippen LogP contribution >= 0.6 is 0 Å². The Morgan fingerprint density at radius 3 is 1.52 bits per heavy atom. The van der Waals surface area contributed by atoms with Crippen LogP contribution in [0.1, 0.15) is 162 Å². The van der Waals surface area contributed by atoms with Gasteiger partial charge < -0.3 is 28.5 Å². The van der Waals surface area contributed by atoms with E-state index in [0.29, 0.717) is 23.9 Å². The molecule has 0 aromatic carbocycles. The Balaban J connectivity index is 4.36. The van der Waals surface area contributed by atoms with Crippen LogP contribution in [-0.2, 0) is 33.3 Å². The van der Waals surface area contributed by atoms with Gasteiger partial charge in [0.2, 0.25) is 0 Å². The number of carboxylic acids is 1. The van der Waals surface area contributed by atoms with E-state index >= 15 is 0 Å². The first kappa shape index (κ1) is 53.0. The van der Waals surface area contributed by atoms with Gasteiger partial charge in [0.15, 0.2) is 6.10 Å². The summed E-state index contributed by atoms with van der Waals surface area (Å²) in [6.07, 6.45) is 42.9. The number of quaternary nitrogens is 1. The molecular formula is C47H82NO8+. The molecule has 0 spiro atoms. The van der Waals surface area contributed by atoms with Gasteiger partial charge in [0.25, 0.3) is 6.29 Å². The molecule has 0 aliphatic rings. The number of hydrogen-bond acceptors (Lipinski definition) is 7. The van der Waals surface area contributed by atoms with E-state index in [0.717, 1.165) is 77.0 Å². The second kappa shape index (κ2) is 38.8.